The zero-order valence-electron chi connectivity index (χ0n) is 17.0. The second-order valence-corrected chi connectivity index (χ2v) is 10.3. The van der Waals surface area contributed by atoms with Gasteiger partial charge in [-0.3, -0.25) is 0 Å². The van der Waals surface area contributed by atoms with Gasteiger partial charge in [0.15, 0.2) is 9.84 Å². The molecule has 2 aromatic carbocycles. The van der Waals surface area contributed by atoms with Gasteiger partial charge in [-0.05, 0) is 48.8 Å². The quantitative estimate of drug-likeness (QED) is 0.677. The lowest BCUT2D eigenvalue weighted by molar-refractivity contribution is 0.117. The number of benzene rings is 2. The maximum absolute atomic E-state index is 12.3. The van der Waals surface area contributed by atoms with Gasteiger partial charge in [-0.1, -0.05) is 60.9 Å². The molecule has 0 amide bonds. The molecule has 0 unspecified atom stereocenters. The lowest BCUT2D eigenvalue weighted by Gasteiger charge is -2.15. The summed E-state index contributed by atoms with van der Waals surface area (Å²) in [6.07, 6.45) is 5.85. The number of phenols is 1. The minimum Gasteiger partial charge on any atom is -0.507 e. The Kier molecular flexibility index (Phi) is 5.54. The molecule has 0 radical (unpaired) electrons. The van der Waals surface area contributed by atoms with Gasteiger partial charge >= 0.3 is 0 Å². The SMILES string of the molecule is CCC/C(=C\c1ccc(O)c2ccccc12)CC[C@H]1OC[C@H]2C1=C(C)CS2(=O)=O. The average molecular weight is 413 g/mol. The minimum absolute atomic E-state index is 0.0888. The van der Waals surface area contributed by atoms with Crippen LogP contribution in [0.4, 0.5) is 0 Å². The van der Waals surface area contributed by atoms with E-state index in [0.29, 0.717) is 12.4 Å². The number of allylic oxidation sites excluding steroid dienone is 1. The van der Waals surface area contributed by atoms with E-state index in [-0.39, 0.29) is 11.9 Å². The molecule has 154 valence electrons. The zero-order chi connectivity index (χ0) is 20.6. The van der Waals surface area contributed by atoms with Crippen LogP contribution in [0.5, 0.6) is 5.75 Å². The molecule has 2 atom stereocenters. The lowest BCUT2D eigenvalue weighted by Crippen LogP contribution is -2.19. The van der Waals surface area contributed by atoms with Crippen LogP contribution >= 0.6 is 0 Å². The van der Waals surface area contributed by atoms with Crippen LogP contribution in [0, 0.1) is 0 Å². The van der Waals surface area contributed by atoms with Crippen LogP contribution < -0.4 is 0 Å². The molecule has 2 aliphatic heterocycles. The highest BCUT2D eigenvalue weighted by atomic mass is 32.2. The van der Waals surface area contributed by atoms with E-state index in [0.717, 1.165) is 53.2 Å². The Morgan fingerprint density at radius 3 is 2.69 bits per heavy atom. The van der Waals surface area contributed by atoms with E-state index in [1.807, 2.05) is 37.3 Å². The third-order valence-electron chi connectivity index (χ3n) is 6.08. The van der Waals surface area contributed by atoms with Crippen LogP contribution in [0.2, 0.25) is 0 Å². The summed E-state index contributed by atoms with van der Waals surface area (Å²) in [6.45, 7) is 4.40. The standard InChI is InChI=1S/C24H28O4S/c1-3-6-17(13-18-10-11-21(25)20-8-5-4-7-19(18)20)9-12-22-24-16(2)15-29(26,27)23(24)14-28-22/h4-5,7-8,10-11,13,22-23,25H,3,6,9,12,14-15H2,1-2H3/b17-13+/t22-,23+/m1/s1. The molecule has 0 saturated carbocycles. The number of aromatic hydroxyl groups is 1. The summed E-state index contributed by atoms with van der Waals surface area (Å²) >= 11 is 0. The first kappa shape index (κ1) is 20.2. The molecule has 0 aromatic heterocycles. The monoisotopic (exact) mass is 412 g/mol. The molecule has 29 heavy (non-hydrogen) atoms. The van der Waals surface area contributed by atoms with Crippen molar-refractivity contribution in [2.24, 2.45) is 0 Å². The highest BCUT2D eigenvalue weighted by molar-refractivity contribution is 7.92. The summed E-state index contributed by atoms with van der Waals surface area (Å²) in [6, 6.07) is 11.6. The van der Waals surface area contributed by atoms with Gasteiger partial charge in [0, 0.05) is 5.39 Å². The van der Waals surface area contributed by atoms with Crippen LogP contribution in [-0.4, -0.2) is 37.2 Å². The van der Waals surface area contributed by atoms with Gasteiger partial charge in [0.05, 0.1) is 18.5 Å². The molecule has 0 aliphatic carbocycles. The predicted octanol–water partition coefficient (Wildman–Crippen LogP) is 5.02. The Balaban J connectivity index is 1.57. The first-order valence-electron chi connectivity index (χ1n) is 10.3. The van der Waals surface area contributed by atoms with E-state index in [1.165, 1.54) is 5.57 Å². The van der Waals surface area contributed by atoms with Crippen LogP contribution in [0.25, 0.3) is 16.8 Å². The fourth-order valence-electron chi connectivity index (χ4n) is 4.72. The fraction of sp³-hybridized carbons (Fsp3) is 0.417. The molecule has 0 bridgehead atoms. The number of hydrogen-bond acceptors (Lipinski definition) is 4. The molecule has 2 aliphatic rings. The molecule has 4 nitrogen and oxygen atoms in total. The van der Waals surface area contributed by atoms with Crippen LogP contribution in [0.3, 0.4) is 0 Å². The summed E-state index contributed by atoms with van der Waals surface area (Å²) < 4.78 is 30.5. The van der Waals surface area contributed by atoms with E-state index >= 15 is 0 Å². The minimum atomic E-state index is -3.07. The van der Waals surface area contributed by atoms with Gasteiger partial charge in [0.2, 0.25) is 0 Å². The highest BCUT2D eigenvalue weighted by Gasteiger charge is 2.45. The van der Waals surface area contributed by atoms with Crippen molar-refractivity contribution >= 4 is 26.7 Å². The smallest absolute Gasteiger partial charge is 0.163 e. The Hall–Kier alpha value is -2.11. The van der Waals surface area contributed by atoms with Crippen LogP contribution in [0.1, 0.15) is 45.1 Å². The highest BCUT2D eigenvalue weighted by Crippen LogP contribution is 2.38. The molecule has 1 fully saturated rings. The Morgan fingerprint density at radius 2 is 1.93 bits per heavy atom. The maximum Gasteiger partial charge on any atom is 0.163 e. The fourth-order valence-corrected chi connectivity index (χ4v) is 6.72. The zero-order valence-corrected chi connectivity index (χ0v) is 17.8. The molecule has 0 spiro atoms. The number of rotatable bonds is 6. The van der Waals surface area contributed by atoms with E-state index in [1.54, 1.807) is 6.07 Å². The number of ether oxygens (including phenoxy) is 1. The van der Waals surface area contributed by atoms with Gasteiger partial charge in [0.25, 0.3) is 0 Å². The van der Waals surface area contributed by atoms with E-state index in [4.69, 9.17) is 4.74 Å². The van der Waals surface area contributed by atoms with Gasteiger partial charge in [-0.15, -0.1) is 0 Å². The van der Waals surface area contributed by atoms with Crippen LogP contribution in [0.15, 0.2) is 53.1 Å². The molecule has 2 aromatic rings. The van der Waals surface area contributed by atoms with Gasteiger partial charge < -0.3 is 9.84 Å². The summed E-state index contributed by atoms with van der Waals surface area (Å²) in [5.74, 6) is 0.481. The summed E-state index contributed by atoms with van der Waals surface area (Å²) in [7, 11) is -3.07. The van der Waals surface area contributed by atoms with Crippen molar-refractivity contribution in [2.45, 2.75) is 50.9 Å². The first-order chi connectivity index (χ1) is 13.9. The Morgan fingerprint density at radius 1 is 1.17 bits per heavy atom. The Labute approximate surface area is 172 Å². The third kappa shape index (κ3) is 3.86. The molecule has 2 heterocycles. The van der Waals surface area contributed by atoms with Crippen molar-refractivity contribution in [3.63, 3.8) is 0 Å². The van der Waals surface area contributed by atoms with Crippen molar-refractivity contribution < 1.29 is 18.3 Å². The van der Waals surface area contributed by atoms with Crippen molar-refractivity contribution in [3.8, 4) is 5.75 Å². The lowest BCUT2D eigenvalue weighted by atomic mass is 9.94. The van der Waals surface area contributed by atoms with E-state index in [9.17, 15) is 13.5 Å². The van der Waals surface area contributed by atoms with Crippen molar-refractivity contribution in [1.29, 1.82) is 0 Å². The van der Waals surface area contributed by atoms with Crippen molar-refractivity contribution in [3.05, 3.63) is 58.7 Å². The van der Waals surface area contributed by atoms with E-state index < -0.39 is 15.1 Å². The summed E-state index contributed by atoms with van der Waals surface area (Å²) in [5, 5.41) is 11.6. The summed E-state index contributed by atoms with van der Waals surface area (Å²) in [4.78, 5) is 0. The summed E-state index contributed by atoms with van der Waals surface area (Å²) in [5.41, 5.74) is 4.42. The number of fused-ring (bicyclic) bond motifs is 2. The maximum atomic E-state index is 12.3. The Bertz CT molecular complexity index is 1100. The molecule has 4 rings (SSSR count). The molecule has 1 N–H and O–H groups in total. The molecule has 5 heteroatoms. The normalized spacial score (nSPS) is 23.7. The van der Waals surface area contributed by atoms with E-state index in [2.05, 4.69) is 13.0 Å². The average Bonchev–Trinajstić information content (AvgIpc) is 3.22. The second-order valence-electron chi connectivity index (χ2n) is 8.16. The first-order valence-corrected chi connectivity index (χ1v) is 12.0. The third-order valence-corrected chi connectivity index (χ3v) is 8.17. The largest absolute Gasteiger partial charge is 0.507 e. The van der Waals surface area contributed by atoms with Crippen LogP contribution in [-0.2, 0) is 14.6 Å². The van der Waals surface area contributed by atoms with Gasteiger partial charge in [0.1, 0.15) is 11.0 Å². The van der Waals surface area contributed by atoms with Gasteiger partial charge in [-0.25, -0.2) is 8.42 Å². The number of sulfone groups is 1. The molecular formula is C24H28O4S. The topological polar surface area (TPSA) is 63.6 Å². The van der Waals surface area contributed by atoms with Crippen molar-refractivity contribution in [2.75, 3.05) is 12.4 Å². The number of hydrogen-bond donors (Lipinski definition) is 1. The molecular weight excluding hydrogens is 384 g/mol. The predicted molar refractivity (Wildman–Crippen MR) is 118 cm³/mol. The second kappa shape index (κ2) is 7.96. The number of phenolic OH excluding ortho intramolecular Hbond substituents is 1. The van der Waals surface area contributed by atoms with Crippen molar-refractivity contribution in [1.82, 2.24) is 0 Å². The van der Waals surface area contributed by atoms with Gasteiger partial charge in [-0.2, -0.15) is 0 Å². The molecule has 1 saturated heterocycles.